The summed E-state index contributed by atoms with van der Waals surface area (Å²) in [6.07, 6.45) is 3.57. The summed E-state index contributed by atoms with van der Waals surface area (Å²) < 4.78 is 2.70. The first-order valence-electron chi connectivity index (χ1n) is 8.59. The maximum atomic E-state index is 12.6. The van der Waals surface area contributed by atoms with E-state index in [1.165, 1.54) is 14.6 Å². The van der Waals surface area contributed by atoms with Crippen LogP contribution in [-0.4, -0.2) is 38.1 Å². The first-order valence-corrected chi connectivity index (χ1v) is 8.59. The van der Waals surface area contributed by atoms with Crippen molar-refractivity contribution in [3.63, 3.8) is 0 Å². The summed E-state index contributed by atoms with van der Waals surface area (Å²) in [6.45, 7) is 1.44. The van der Waals surface area contributed by atoms with Crippen molar-refractivity contribution < 1.29 is 4.79 Å². The van der Waals surface area contributed by atoms with Gasteiger partial charge in [-0.3, -0.25) is 9.20 Å². The number of likely N-dealkylation sites (tertiary alicyclic amines) is 1. The van der Waals surface area contributed by atoms with Crippen molar-refractivity contribution in [3.8, 4) is 0 Å². The molecule has 1 aliphatic rings. The van der Waals surface area contributed by atoms with Crippen molar-refractivity contribution >= 4 is 11.6 Å². The molecule has 1 saturated heterocycles. The smallest absolute Gasteiger partial charge is 0.341 e. The second kappa shape index (κ2) is 6.55. The van der Waals surface area contributed by atoms with Crippen LogP contribution < -0.4 is 5.69 Å². The first kappa shape index (κ1) is 15.6. The summed E-state index contributed by atoms with van der Waals surface area (Å²) in [5, 5.41) is 4.23. The zero-order chi connectivity index (χ0) is 17.2. The molecule has 0 aliphatic carbocycles. The Morgan fingerprint density at radius 3 is 2.48 bits per heavy atom. The molecule has 4 rings (SSSR count). The Kier molecular flexibility index (Phi) is 4.09. The van der Waals surface area contributed by atoms with E-state index in [0.29, 0.717) is 11.6 Å². The molecule has 6 heteroatoms. The number of carbonyl (C=O) groups excluding carboxylic acids is 1. The molecule has 2 aromatic heterocycles. The third-order valence-electron chi connectivity index (χ3n) is 4.89. The highest BCUT2D eigenvalue weighted by Gasteiger charge is 2.24. The monoisotopic (exact) mass is 336 g/mol. The normalized spacial score (nSPS) is 15.6. The van der Waals surface area contributed by atoms with Crippen LogP contribution in [-0.2, 0) is 11.3 Å². The summed E-state index contributed by atoms with van der Waals surface area (Å²) in [4.78, 5) is 26.7. The van der Waals surface area contributed by atoms with Gasteiger partial charge in [0, 0.05) is 19.3 Å². The number of carbonyl (C=O) groups is 1. The molecule has 0 spiro atoms. The van der Waals surface area contributed by atoms with Gasteiger partial charge >= 0.3 is 5.69 Å². The molecule has 0 radical (unpaired) electrons. The molecule has 0 saturated carbocycles. The maximum absolute atomic E-state index is 12.6. The van der Waals surface area contributed by atoms with Gasteiger partial charge in [0.05, 0.1) is 0 Å². The third kappa shape index (κ3) is 3.07. The van der Waals surface area contributed by atoms with E-state index in [9.17, 15) is 9.59 Å². The molecule has 0 atom stereocenters. The largest absolute Gasteiger partial charge is 0.350 e. The SMILES string of the molecule is O=C(Cn1nc2ccccn2c1=O)N1CCC(c2ccccc2)CC1. The molecule has 1 amide bonds. The summed E-state index contributed by atoms with van der Waals surface area (Å²) in [5.41, 5.74) is 1.62. The van der Waals surface area contributed by atoms with Crippen LogP contribution in [0.5, 0.6) is 0 Å². The minimum atomic E-state index is -0.275. The fraction of sp³-hybridized carbons (Fsp3) is 0.316. The molecule has 25 heavy (non-hydrogen) atoms. The summed E-state index contributed by atoms with van der Waals surface area (Å²) >= 11 is 0. The van der Waals surface area contributed by atoms with Gasteiger partial charge in [0.1, 0.15) is 6.54 Å². The van der Waals surface area contributed by atoms with E-state index in [0.717, 1.165) is 25.9 Å². The third-order valence-corrected chi connectivity index (χ3v) is 4.89. The van der Waals surface area contributed by atoms with E-state index in [4.69, 9.17) is 0 Å². The second-order valence-corrected chi connectivity index (χ2v) is 6.43. The second-order valence-electron chi connectivity index (χ2n) is 6.43. The standard InChI is InChI=1S/C19H20N4O2/c24-18(14-23-19(25)22-11-5-4-8-17(22)20-23)21-12-9-16(10-13-21)15-6-2-1-3-7-15/h1-8,11,16H,9-10,12-14H2. The van der Waals surface area contributed by atoms with Gasteiger partial charge in [-0.15, -0.1) is 5.10 Å². The number of fused-ring (bicyclic) bond motifs is 1. The predicted octanol–water partition coefficient (Wildman–Crippen LogP) is 1.90. The predicted molar refractivity (Wildman–Crippen MR) is 94.4 cm³/mol. The quantitative estimate of drug-likeness (QED) is 0.734. The van der Waals surface area contributed by atoms with Crippen LogP contribution in [0.3, 0.4) is 0 Å². The Labute approximate surface area is 145 Å². The van der Waals surface area contributed by atoms with E-state index in [2.05, 4.69) is 29.4 Å². The van der Waals surface area contributed by atoms with Crippen LogP contribution in [0.15, 0.2) is 59.5 Å². The van der Waals surface area contributed by atoms with Crippen molar-refractivity contribution in [3.05, 3.63) is 70.8 Å². The fourth-order valence-electron chi connectivity index (χ4n) is 3.49. The lowest BCUT2D eigenvalue weighted by molar-refractivity contribution is -0.133. The van der Waals surface area contributed by atoms with Gasteiger partial charge in [-0.05, 0) is 36.5 Å². The molecule has 1 fully saturated rings. The first-order chi connectivity index (χ1) is 12.2. The molecule has 0 N–H and O–H groups in total. The molecule has 3 aromatic rings. The zero-order valence-electron chi connectivity index (χ0n) is 13.9. The number of hydrogen-bond acceptors (Lipinski definition) is 3. The van der Waals surface area contributed by atoms with Crippen molar-refractivity contribution in [2.75, 3.05) is 13.1 Å². The Bertz CT molecular complexity index is 937. The Hall–Kier alpha value is -2.89. The van der Waals surface area contributed by atoms with Crippen LogP contribution in [0, 0.1) is 0 Å². The van der Waals surface area contributed by atoms with Gasteiger partial charge in [0.2, 0.25) is 5.91 Å². The molecular weight excluding hydrogens is 316 g/mol. The molecule has 0 bridgehead atoms. The lowest BCUT2D eigenvalue weighted by Crippen LogP contribution is -2.41. The van der Waals surface area contributed by atoms with E-state index in [1.54, 1.807) is 18.3 Å². The van der Waals surface area contributed by atoms with Crippen LogP contribution >= 0.6 is 0 Å². The van der Waals surface area contributed by atoms with Crippen LogP contribution in [0.25, 0.3) is 5.65 Å². The number of rotatable bonds is 3. The van der Waals surface area contributed by atoms with Gasteiger partial charge in [0.25, 0.3) is 0 Å². The highest BCUT2D eigenvalue weighted by atomic mass is 16.2. The minimum absolute atomic E-state index is 0.00346. The topological polar surface area (TPSA) is 59.6 Å². The lowest BCUT2D eigenvalue weighted by atomic mass is 9.89. The van der Waals surface area contributed by atoms with E-state index in [1.807, 2.05) is 17.0 Å². The van der Waals surface area contributed by atoms with E-state index < -0.39 is 0 Å². The van der Waals surface area contributed by atoms with Gasteiger partial charge < -0.3 is 4.90 Å². The zero-order valence-corrected chi connectivity index (χ0v) is 13.9. The molecule has 3 heterocycles. The average molecular weight is 336 g/mol. The summed E-state index contributed by atoms with van der Waals surface area (Å²) in [5.74, 6) is 0.459. The molecule has 6 nitrogen and oxygen atoms in total. The minimum Gasteiger partial charge on any atom is -0.341 e. The molecule has 0 unspecified atom stereocenters. The van der Waals surface area contributed by atoms with E-state index in [-0.39, 0.29) is 18.1 Å². The van der Waals surface area contributed by atoms with Crippen LogP contribution in [0.4, 0.5) is 0 Å². The lowest BCUT2D eigenvalue weighted by Gasteiger charge is -2.32. The Morgan fingerprint density at radius 2 is 1.76 bits per heavy atom. The van der Waals surface area contributed by atoms with Gasteiger partial charge in [-0.25, -0.2) is 9.48 Å². The molecule has 1 aliphatic heterocycles. The molecule has 1 aromatic carbocycles. The fourth-order valence-corrected chi connectivity index (χ4v) is 3.49. The van der Waals surface area contributed by atoms with Gasteiger partial charge in [-0.2, -0.15) is 0 Å². The number of nitrogens with zero attached hydrogens (tertiary/aromatic N) is 4. The Morgan fingerprint density at radius 1 is 1.04 bits per heavy atom. The van der Waals surface area contributed by atoms with E-state index >= 15 is 0 Å². The van der Waals surface area contributed by atoms with Crippen LogP contribution in [0.2, 0.25) is 0 Å². The molecule has 128 valence electrons. The highest BCUT2D eigenvalue weighted by Crippen LogP contribution is 2.27. The van der Waals surface area contributed by atoms with Crippen molar-refractivity contribution in [2.24, 2.45) is 0 Å². The Balaban J connectivity index is 1.42. The average Bonchev–Trinajstić information content (AvgIpc) is 2.98. The summed E-state index contributed by atoms with van der Waals surface area (Å²) in [6, 6.07) is 15.8. The van der Waals surface area contributed by atoms with Gasteiger partial charge in [0.15, 0.2) is 5.65 Å². The van der Waals surface area contributed by atoms with Crippen molar-refractivity contribution in [2.45, 2.75) is 25.3 Å². The summed E-state index contributed by atoms with van der Waals surface area (Å²) in [7, 11) is 0. The number of piperidine rings is 1. The van der Waals surface area contributed by atoms with Crippen molar-refractivity contribution in [1.29, 1.82) is 0 Å². The molecular formula is C19H20N4O2. The number of pyridine rings is 1. The maximum Gasteiger partial charge on any atom is 0.350 e. The highest BCUT2D eigenvalue weighted by molar-refractivity contribution is 5.76. The number of amides is 1. The van der Waals surface area contributed by atoms with Crippen LogP contribution in [0.1, 0.15) is 24.3 Å². The van der Waals surface area contributed by atoms with Gasteiger partial charge in [-0.1, -0.05) is 36.4 Å². The number of aromatic nitrogens is 3. The number of hydrogen-bond donors (Lipinski definition) is 0. The van der Waals surface area contributed by atoms with Crippen molar-refractivity contribution in [1.82, 2.24) is 19.1 Å². The number of benzene rings is 1.